The monoisotopic (exact) mass is 257 g/mol. The lowest BCUT2D eigenvalue weighted by Gasteiger charge is -2.12. The summed E-state index contributed by atoms with van der Waals surface area (Å²) in [5, 5.41) is 8.44. The van der Waals surface area contributed by atoms with Gasteiger partial charge in [-0.3, -0.25) is 0 Å². The summed E-state index contributed by atoms with van der Waals surface area (Å²) in [6.07, 6.45) is -5.19. The number of nitrogens with zero attached hydrogens (tertiary/aromatic N) is 1. The van der Waals surface area contributed by atoms with Crippen LogP contribution in [0.3, 0.4) is 0 Å². The molecule has 0 aliphatic rings. The van der Waals surface area contributed by atoms with Gasteiger partial charge in [0.15, 0.2) is 5.69 Å². The number of hydrogen-bond acceptors (Lipinski definition) is 3. The highest BCUT2D eigenvalue weighted by atomic mass is 19.4. The van der Waals surface area contributed by atoms with E-state index in [1.165, 1.54) is 0 Å². The molecule has 9 heteroatoms. The lowest BCUT2D eigenvalue weighted by atomic mass is 10.2. The molecule has 0 atom stereocenters. The zero-order chi connectivity index (χ0) is 13.2. The molecule has 1 rings (SSSR count). The van der Waals surface area contributed by atoms with E-state index in [1.807, 2.05) is 0 Å². The van der Waals surface area contributed by atoms with E-state index < -0.39 is 42.0 Å². The normalized spacial score (nSPS) is 11.4. The minimum absolute atomic E-state index is 0.299. The number of carbonyl (C=O) groups is 1. The number of rotatable bonds is 3. The van der Waals surface area contributed by atoms with Crippen molar-refractivity contribution in [3.05, 3.63) is 23.3 Å². The van der Waals surface area contributed by atoms with Gasteiger partial charge in [0.25, 0.3) is 0 Å². The highest BCUT2D eigenvalue weighted by Gasteiger charge is 2.33. The molecule has 1 aromatic heterocycles. The van der Waals surface area contributed by atoms with E-state index in [0.29, 0.717) is 6.07 Å². The number of aromatic carboxylic acids is 1. The Morgan fingerprint density at radius 2 is 2.06 bits per heavy atom. The van der Waals surface area contributed by atoms with Crippen LogP contribution in [0, 0.1) is 5.95 Å². The molecule has 0 radical (unpaired) electrons. The molecule has 0 aliphatic heterocycles. The van der Waals surface area contributed by atoms with Gasteiger partial charge >= 0.3 is 12.3 Å². The summed E-state index contributed by atoms with van der Waals surface area (Å²) in [6, 6.07) is 0.299. The third-order valence-electron chi connectivity index (χ3n) is 1.61. The van der Waals surface area contributed by atoms with E-state index in [1.54, 1.807) is 0 Å². The zero-order valence-corrected chi connectivity index (χ0v) is 7.89. The summed E-state index contributed by atoms with van der Waals surface area (Å²) >= 11 is 0. The lowest BCUT2D eigenvalue weighted by Crippen LogP contribution is -2.19. The van der Waals surface area contributed by atoms with Crippen molar-refractivity contribution in [3.8, 4) is 5.75 Å². The summed E-state index contributed by atoms with van der Waals surface area (Å²) in [4.78, 5) is 13.2. The van der Waals surface area contributed by atoms with Crippen LogP contribution >= 0.6 is 0 Å². The van der Waals surface area contributed by atoms with Crippen LogP contribution < -0.4 is 4.74 Å². The number of ether oxygens (including phenoxy) is 1. The maximum atomic E-state index is 13.0. The smallest absolute Gasteiger partial charge is 0.477 e. The Hall–Kier alpha value is -1.93. The van der Waals surface area contributed by atoms with Crippen molar-refractivity contribution < 1.29 is 36.6 Å². The SMILES string of the molecule is O=C(O)c1cc(OC(F)(F)F)c(CF)c(F)n1. The van der Waals surface area contributed by atoms with E-state index in [2.05, 4.69) is 9.72 Å². The average Bonchev–Trinajstić information content (AvgIpc) is 2.14. The van der Waals surface area contributed by atoms with Crippen molar-refractivity contribution in [1.82, 2.24) is 4.98 Å². The minimum atomic E-state index is -5.19. The Kier molecular flexibility index (Phi) is 3.49. The molecule has 1 aromatic rings. The van der Waals surface area contributed by atoms with Crippen molar-refractivity contribution in [3.63, 3.8) is 0 Å². The van der Waals surface area contributed by atoms with Gasteiger partial charge in [0, 0.05) is 6.07 Å². The van der Waals surface area contributed by atoms with E-state index >= 15 is 0 Å². The standard InChI is InChI=1S/C8H4F5NO3/c9-2-3-5(17-8(11,12)13)1-4(7(15)16)14-6(3)10/h1H,2H2,(H,15,16). The topological polar surface area (TPSA) is 59.4 Å². The van der Waals surface area contributed by atoms with E-state index in [-0.39, 0.29) is 0 Å². The molecule has 0 saturated heterocycles. The van der Waals surface area contributed by atoms with Crippen molar-refractivity contribution in [2.45, 2.75) is 13.0 Å². The number of hydrogen-bond donors (Lipinski definition) is 1. The fourth-order valence-electron chi connectivity index (χ4n) is 0.965. The molecule has 1 N–H and O–H groups in total. The van der Waals surface area contributed by atoms with Crippen LogP contribution in [-0.4, -0.2) is 22.4 Å². The highest BCUT2D eigenvalue weighted by molar-refractivity contribution is 5.85. The van der Waals surface area contributed by atoms with Crippen LogP contribution in [0.1, 0.15) is 16.1 Å². The summed E-state index contributed by atoms with van der Waals surface area (Å²) in [6.45, 7) is -1.61. The first kappa shape index (κ1) is 13.1. The molecule has 0 spiro atoms. The number of halogens is 5. The molecule has 0 amide bonds. The van der Waals surface area contributed by atoms with Gasteiger partial charge in [-0.15, -0.1) is 13.2 Å². The molecule has 0 bridgehead atoms. The van der Waals surface area contributed by atoms with E-state index in [0.717, 1.165) is 0 Å². The van der Waals surface area contributed by atoms with Crippen LogP contribution in [0.5, 0.6) is 5.75 Å². The first-order valence-electron chi connectivity index (χ1n) is 3.99. The molecular weight excluding hydrogens is 253 g/mol. The number of pyridine rings is 1. The van der Waals surface area contributed by atoms with Crippen LogP contribution in [0.4, 0.5) is 22.0 Å². The second kappa shape index (κ2) is 4.52. The van der Waals surface area contributed by atoms with Crippen molar-refractivity contribution in [2.24, 2.45) is 0 Å². The number of alkyl halides is 4. The van der Waals surface area contributed by atoms with Gasteiger partial charge in [0.05, 0.1) is 5.56 Å². The van der Waals surface area contributed by atoms with Crippen LogP contribution in [-0.2, 0) is 6.67 Å². The number of carboxylic acid groups (broad SMARTS) is 1. The maximum absolute atomic E-state index is 13.0. The quantitative estimate of drug-likeness (QED) is 0.666. The van der Waals surface area contributed by atoms with Gasteiger partial charge in [-0.05, 0) is 0 Å². The first-order valence-corrected chi connectivity index (χ1v) is 3.99. The largest absolute Gasteiger partial charge is 0.573 e. The second-order valence-electron chi connectivity index (χ2n) is 2.76. The molecule has 0 aliphatic carbocycles. The van der Waals surface area contributed by atoms with Gasteiger partial charge in [-0.25, -0.2) is 14.2 Å². The fourth-order valence-corrected chi connectivity index (χ4v) is 0.965. The summed E-state index contributed by atoms with van der Waals surface area (Å²) in [5.74, 6) is -4.68. The number of aromatic nitrogens is 1. The molecule has 0 saturated carbocycles. The number of carboxylic acids is 1. The van der Waals surface area contributed by atoms with Gasteiger partial charge < -0.3 is 9.84 Å². The Labute approximate surface area is 90.6 Å². The zero-order valence-electron chi connectivity index (χ0n) is 7.89. The van der Waals surface area contributed by atoms with E-state index in [4.69, 9.17) is 5.11 Å². The van der Waals surface area contributed by atoms with Crippen molar-refractivity contribution in [1.29, 1.82) is 0 Å². The Bertz CT molecular complexity index is 446. The van der Waals surface area contributed by atoms with Gasteiger partial charge in [0.1, 0.15) is 12.4 Å². The summed E-state index contributed by atoms with van der Waals surface area (Å²) in [5.41, 5.74) is -2.11. The molecule has 0 aromatic carbocycles. The fraction of sp³-hybridized carbons (Fsp3) is 0.250. The summed E-state index contributed by atoms with van der Waals surface area (Å²) in [7, 11) is 0. The van der Waals surface area contributed by atoms with Gasteiger partial charge in [-0.2, -0.15) is 4.39 Å². The Morgan fingerprint density at radius 3 is 2.47 bits per heavy atom. The first-order chi connectivity index (χ1) is 7.74. The molecule has 17 heavy (non-hydrogen) atoms. The second-order valence-corrected chi connectivity index (χ2v) is 2.76. The predicted molar refractivity (Wildman–Crippen MR) is 42.6 cm³/mol. The average molecular weight is 257 g/mol. The van der Waals surface area contributed by atoms with E-state index in [9.17, 15) is 26.7 Å². The molecular formula is C8H4F5NO3. The molecule has 1 heterocycles. The highest BCUT2D eigenvalue weighted by Crippen LogP contribution is 2.29. The molecule has 4 nitrogen and oxygen atoms in total. The summed E-state index contributed by atoms with van der Waals surface area (Å²) < 4.78 is 64.2. The molecule has 94 valence electrons. The van der Waals surface area contributed by atoms with Crippen LogP contribution in [0.25, 0.3) is 0 Å². The third-order valence-corrected chi connectivity index (χ3v) is 1.61. The van der Waals surface area contributed by atoms with Gasteiger partial charge in [0.2, 0.25) is 5.95 Å². The maximum Gasteiger partial charge on any atom is 0.573 e. The van der Waals surface area contributed by atoms with Crippen LogP contribution in [0.15, 0.2) is 6.07 Å². The van der Waals surface area contributed by atoms with Crippen LogP contribution in [0.2, 0.25) is 0 Å². The molecule has 0 unspecified atom stereocenters. The Morgan fingerprint density at radius 1 is 1.47 bits per heavy atom. The van der Waals surface area contributed by atoms with Gasteiger partial charge in [-0.1, -0.05) is 0 Å². The predicted octanol–water partition coefficient (Wildman–Crippen LogP) is 2.29. The third kappa shape index (κ3) is 3.26. The van der Waals surface area contributed by atoms with Crippen molar-refractivity contribution in [2.75, 3.05) is 0 Å². The Balaban J connectivity index is 3.29. The molecule has 0 fully saturated rings. The van der Waals surface area contributed by atoms with Crippen molar-refractivity contribution >= 4 is 5.97 Å². The minimum Gasteiger partial charge on any atom is -0.477 e. The lowest BCUT2D eigenvalue weighted by molar-refractivity contribution is -0.275.